The van der Waals surface area contributed by atoms with E-state index in [0.29, 0.717) is 5.56 Å². The van der Waals surface area contributed by atoms with Gasteiger partial charge in [0.25, 0.3) is 11.8 Å². The summed E-state index contributed by atoms with van der Waals surface area (Å²) in [5.41, 5.74) is 7.46. The number of nitrogen functional groups attached to an aromatic ring is 1. The molecule has 1 aromatic heterocycles. The summed E-state index contributed by atoms with van der Waals surface area (Å²) in [6, 6.07) is 1.45. The number of carbonyl (C=O) groups excluding carboxylic acids is 2. The normalized spacial score (nSPS) is 8.60. The van der Waals surface area contributed by atoms with Crippen LogP contribution in [0.1, 0.15) is 15.9 Å². The van der Waals surface area contributed by atoms with E-state index in [4.69, 9.17) is 11.6 Å². The minimum absolute atomic E-state index is 0.258. The van der Waals surface area contributed by atoms with E-state index in [9.17, 15) is 9.59 Å². The fraction of sp³-hybridized carbons (Fsp3) is 0. The molecule has 2 amide bonds. The van der Waals surface area contributed by atoms with Crippen molar-refractivity contribution < 1.29 is 9.59 Å². The Balaban J connectivity index is 2.99. The second kappa shape index (κ2) is 4.74. The Morgan fingerprint density at radius 3 is 2.73 bits per heavy atom. The molecule has 76 valence electrons. The molecule has 15 heavy (non-hydrogen) atoms. The fourth-order valence-electron chi connectivity index (χ4n) is 0.850. The number of amides is 2. The number of nitrogens with two attached hydrogens (primary N) is 2. The molecule has 0 unspecified atom stereocenters. The van der Waals surface area contributed by atoms with E-state index >= 15 is 0 Å². The lowest BCUT2D eigenvalue weighted by atomic mass is 10.2. The third-order valence-corrected chi connectivity index (χ3v) is 1.46. The molecule has 0 atom stereocenters. The van der Waals surface area contributed by atoms with Crippen LogP contribution in [-0.4, -0.2) is 16.8 Å². The van der Waals surface area contributed by atoms with E-state index in [1.54, 1.807) is 0 Å². The number of carbonyl (C=O) groups is 2. The van der Waals surface area contributed by atoms with Crippen LogP contribution in [0.25, 0.3) is 0 Å². The highest BCUT2D eigenvalue weighted by atomic mass is 16.2. The van der Waals surface area contributed by atoms with Crippen molar-refractivity contribution in [2.75, 3.05) is 0 Å². The maximum Gasteiger partial charge on any atom is 0.293 e. The number of nitrogens with zero attached hydrogens (tertiary/aromatic N) is 1. The van der Waals surface area contributed by atoms with Crippen LogP contribution >= 0.6 is 0 Å². The molecule has 0 bridgehead atoms. The summed E-state index contributed by atoms with van der Waals surface area (Å²) in [7, 11) is 0. The highest BCUT2D eigenvalue weighted by Gasteiger charge is 2.03. The first-order valence-corrected chi connectivity index (χ1v) is 3.91. The van der Waals surface area contributed by atoms with Gasteiger partial charge in [0.2, 0.25) is 0 Å². The standard InChI is InChI=1S/C9H8N4O2/c10-8(14)2-1-6-3-7(5-12-4-6)9(15)13-11/h3-5H,11H2,(H2,10,14)(H,13,15). The van der Waals surface area contributed by atoms with Gasteiger partial charge < -0.3 is 5.73 Å². The van der Waals surface area contributed by atoms with Gasteiger partial charge in [-0.25, -0.2) is 5.84 Å². The number of hydrogen-bond acceptors (Lipinski definition) is 4. The Labute approximate surface area is 85.6 Å². The molecule has 0 aromatic carbocycles. The lowest BCUT2D eigenvalue weighted by Crippen LogP contribution is -2.30. The zero-order valence-electron chi connectivity index (χ0n) is 7.65. The molecule has 6 nitrogen and oxygen atoms in total. The van der Waals surface area contributed by atoms with E-state index in [-0.39, 0.29) is 5.56 Å². The topological polar surface area (TPSA) is 111 Å². The molecule has 5 N–H and O–H groups in total. The van der Waals surface area contributed by atoms with Gasteiger partial charge in [-0.15, -0.1) is 0 Å². The van der Waals surface area contributed by atoms with Crippen molar-refractivity contribution >= 4 is 11.8 Å². The van der Waals surface area contributed by atoms with Crippen molar-refractivity contribution in [2.24, 2.45) is 11.6 Å². The first-order chi connectivity index (χ1) is 7.13. The Morgan fingerprint density at radius 2 is 2.13 bits per heavy atom. The van der Waals surface area contributed by atoms with Gasteiger partial charge in [-0.2, -0.15) is 0 Å². The molecule has 0 saturated heterocycles. The van der Waals surface area contributed by atoms with Crippen LogP contribution in [0.4, 0.5) is 0 Å². The van der Waals surface area contributed by atoms with Crippen LogP contribution in [0, 0.1) is 11.8 Å². The number of hydrogen-bond donors (Lipinski definition) is 3. The molecule has 0 fully saturated rings. The lowest BCUT2D eigenvalue weighted by molar-refractivity contribution is -0.112. The highest BCUT2D eigenvalue weighted by molar-refractivity contribution is 5.94. The SMILES string of the molecule is NNC(=O)c1cncc(C#CC(N)=O)c1. The van der Waals surface area contributed by atoms with E-state index in [2.05, 4.69) is 16.8 Å². The van der Waals surface area contributed by atoms with Crippen LogP contribution in [0.2, 0.25) is 0 Å². The summed E-state index contributed by atoms with van der Waals surface area (Å²) >= 11 is 0. The summed E-state index contributed by atoms with van der Waals surface area (Å²) < 4.78 is 0. The average molecular weight is 204 g/mol. The van der Waals surface area contributed by atoms with E-state index < -0.39 is 11.8 Å². The zero-order chi connectivity index (χ0) is 11.3. The molecule has 6 heteroatoms. The molecule has 0 saturated carbocycles. The van der Waals surface area contributed by atoms with Crippen molar-refractivity contribution in [2.45, 2.75) is 0 Å². The Morgan fingerprint density at radius 1 is 1.40 bits per heavy atom. The van der Waals surface area contributed by atoms with Crippen molar-refractivity contribution in [3.63, 3.8) is 0 Å². The van der Waals surface area contributed by atoms with Gasteiger partial charge in [-0.05, 0) is 6.07 Å². The third kappa shape index (κ3) is 3.10. The first-order valence-electron chi connectivity index (χ1n) is 3.91. The number of rotatable bonds is 1. The quantitative estimate of drug-likeness (QED) is 0.224. The number of aromatic nitrogens is 1. The van der Waals surface area contributed by atoms with Crippen molar-refractivity contribution in [3.05, 3.63) is 29.6 Å². The van der Waals surface area contributed by atoms with Crippen molar-refractivity contribution in [3.8, 4) is 11.8 Å². The van der Waals surface area contributed by atoms with Crippen LogP contribution in [-0.2, 0) is 4.79 Å². The van der Waals surface area contributed by atoms with Crippen molar-refractivity contribution in [1.29, 1.82) is 0 Å². The average Bonchev–Trinajstić information content (AvgIpc) is 2.25. The van der Waals surface area contributed by atoms with Crippen LogP contribution < -0.4 is 17.0 Å². The molecule has 1 aromatic rings. The second-order valence-electron chi connectivity index (χ2n) is 2.55. The largest absolute Gasteiger partial charge is 0.359 e. The van der Waals surface area contributed by atoms with Gasteiger partial charge in [0.1, 0.15) is 0 Å². The molecule has 0 spiro atoms. The molecular formula is C9H8N4O2. The zero-order valence-corrected chi connectivity index (χ0v) is 7.65. The van der Waals surface area contributed by atoms with Gasteiger partial charge in [-0.3, -0.25) is 20.0 Å². The molecule has 1 heterocycles. The van der Waals surface area contributed by atoms with Crippen molar-refractivity contribution in [1.82, 2.24) is 10.4 Å². The molecule has 0 aliphatic heterocycles. The number of pyridine rings is 1. The van der Waals surface area contributed by atoms with Crippen LogP contribution in [0.15, 0.2) is 18.5 Å². The highest BCUT2D eigenvalue weighted by Crippen LogP contribution is 2.00. The van der Waals surface area contributed by atoms with Crippen LogP contribution in [0.3, 0.4) is 0 Å². The van der Waals surface area contributed by atoms with Gasteiger partial charge in [0, 0.05) is 23.9 Å². The smallest absolute Gasteiger partial charge is 0.293 e. The number of hydrazine groups is 1. The lowest BCUT2D eigenvalue weighted by Gasteiger charge is -1.98. The summed E-state index contributed by atoms with van der Waals surface area (Å²) in [5.74, 6) is 8.30. The summed E-state index contributed by atoms with van der Waals surface area (Å²) in [6.07, 6.45) is 2.74. The molecular weight excluding hydrogens is 196 g/mol. The van der Waals surface area contributed by atoms with Gasteiger partial charge in [-0.1, -0.05) is 5.92 Å². The monoisotopic (exact) mass is 204 g/mol. The molecule has 0 aliphatic carbocycles. The van der Waals surface area contributed by atoms with Crippen LogP contribution in [0.5, 0.6) is 0 Å². The maximum atomic E-state index is 11.1. The Bertz CT molecular complexity index is 459. The fourth-order valence-corrected chi connectivity index (χ4v) is 0.850. The Hall–Kier alpha value is -2.39. The number of nitrogens with one attached hydrogen (secondary N) is 1. The summed E-state index contributed by atoms with van der Waals surface area (Å²) in [4.78, 5) is 25.2. The first kappa shape index (κ1) is 10.7. The third-order valence-electron chi connectivity index (χ3n) is 1.46. The van der Waals surface area contributed by atoms with Gasteiger partial charge in [0.15, 0.2) is 0 Å². The number of primary amides is 1. The van der Waals surface area contributed by atoms with Gasteiger partial charge in [0.05, 0.1) is 5.56 Å². The van der Waals surface area contributed by atoms with E-state index in [0.717, 1.165) is 0 Å². The minimum Gasteiger partial charge on any atom is -0.359 e. The molecule has 0 aliphatic rings. The Kier molecular flexibility index (Phi) is 3.38. The minimum atomic E-state index is -0.747. The van der Waals surface area contributed by atoms with E-state index in [1.807, 2.05) is 5.43 Å². The predicted octanol–water partition coefficient (Wildman–Crippen LogP) is -1.48. The second-order valence-corrected chi connectivity index (χ2v) is 2.55. The predicted molar refractivity (Wildman–Crippen MR) is 52.0 cm³/mol. The molecule has 1 rings (SSSR count). The van der Waals surface area contributed by atoms with E-state index in [1.165, 1.54) is 18.5 Å². The summed E-state index contributed by atoms with van der Waals surface area (Å²) in [5, 5.41) is 0. The maximum absolute atomic E-state index is 11.1. The summed E-state index contributed by atoms with van der Waals surface area (Å²) in [6.45, 7) is 0. The molecule has 0 radical (unpaired) electrons. The van der Waals surface area contributed by atoms with Gasteiger partial charge >= 0.3 is 0 Å².